The van der Waals surface area contributed by atoms with Gasteiger partial charge in [-0.2, -0.15) is 11.8 Å². The molecule has 2 aliphatic rings. The number of allylic oxidation sites excluding steroid dienone is 1. The molecule has 1 heterocycles. The summed E-state index contributed by atoms with van der Waals surface area (Å²) in [5.41, 5.74) is 1.44. The molecule has 1 aliphatic heterocycles. The van der Waals surface area contributed by atoms with Crippen molar-refractivity contribution in [1.29, 1.82) is 0 Å². The first-order chi connectivity index (χ1) is 10.2. The van der Waals surface area contributed by atoms with Gasteiger partial charge < -0.3 is 10.4 Å². The molecule has 2 rings (SSSR count). The number of rotatable bonds is 6. The van der Waals surface area contributed by atoms with E-state index in [2.05, 4.69) is 11.4 Å². The van der Waals surface area contributed by atoms with Gasteiger partial charge in [0.05, 0.1) is 6.54 Å². The van der Waals surface area contributed by atoms with Gasteiger partial charge >= 0.3 is 5.97 Å². The van der Waals surface area contributed by atoms with Crippen molar-refractivity contribution in [2.24, 2.45) is 0 Å². The topological polar surface area (TPSA) is 69.6 Å². The average molecular weight is 312 g/mol. The largest absolute Gasteiger partial charge is 0.480 e. The lowest BCUT2D eigenvalue weighted by molar-refractivity contribution is -0.143. The molecule has 5 nitrogen and oxygen atoms in total. The molecule has 0 aromatic carbocycles. The standard InChI is InChI=1S/C15H24N2O3S/c18-14(16-7-6-12-4-2-1-3-5-12)10-17-8-9-21-11-13(17)15(19)20/h4,13H,1-3,5-11H2,(H,16,18)(H,19,20). The Bertz CT molecular complexity index is 412. The number of carbonyl (C=O) groups excluding carboxylic acids is 1. The number of carboxylic acids is 1. The van der Waals surface area contributed by atoms with Crippen LogP contribution in [0.1, 0.15) is 32.1 Å². The van der Waals surface area contributed by atoms with Crippen molar-refractivity contribution in [2.75, 3.05) is 31.1 Å². The number of carbonyl (C=O) groups is 2. The molecular formula is C15H24N2O3S. The molecule has 118 valence electrons. The molecule has 0 bridgehead atoms. The Morgan fingerprint density at radius 2 is 2.29 bits per heavy atom. The molecular weight excluding hydrogens is 288 g/mol. The lowest BCUT2D eigenvalue weighted by Gasteiger charge is -2.31. The van der Waals surface area contributed by atoms with Crippen LogP contribution in [0, 0.1) is 0 Å². The zero-order valence-electron chi connectivity index (χ0n) is 12.3. The molecule has 1 aliphatic carbocycles. The summed E-state index contributed by atoms with van der Waals surface area (Å²) in [7, 11) is 0. The summed E-state index contributed by atoms with van der Waals surface area (Å²) in [5, 5.41) is 12.1. The van der Waals surface area contributed by atoms with E-state index >= 15 is 0 Å². The number of amides is 1. The minimum absolute atomic E-state index is 0.0652. The molecule has 0 saturated carbocycles. The van der Waals surface area contributed by atoms with E-state index in [0.717, 1.165) is 25.0 Å². The summed E-state index contributed by atoms with van der Waals surface area (Å²) >= 11 is 1.64. The second-order valence-electron chi connectivity index (χ2n) is 5.61. The zero-order valence-corrected chi connectivity index (χ0v) is 13.2. The van der Waals surface area contributed by atoms with E-state index < -0.39 is 12.0 Å². The lowest BCUT2D eigenvalue weighted by Crippen LogP contribution is -2.51. The summed E-state index contributed by atoms with van der Waals surface area (Å²) in [6.45, 7) is 1.52. The molecule has 0 aromatic rings. The molecule has 6 heteroatoms. The Hall–Kier alpha value is -1.01. The predicted molar refractivity (Wildman–Crippen MR) is 84.5 cm³/mol. The van der Waals surface area contributed by atoms with Crippen LogP contribution in [0.4, 0.5) is 0 Å². The number of carboxylic acid groups (broad SMARTS) is 1. The molecule has 2 N–H and O–H groups in total. The first-order valence-electron chi connectivity index (χ1n) is 7.66. The molecule has 0 radical (unpaired) electrons. The van der Waals surface area contributed by atoms with Crippen molar-refractivity contribution in [3.63, 3.8) is 0 Å². The SMILES string of the molecule is O=C(CN1CCSCC1C(=O)O)NCCC1=CCCCC1. The van der Waals surface area contributed by atoms with E-state index in [1.807, 2.05) is 0 Å². The fourth-order valence-electron chi connectivity index (χ4n) is 2.79. The van der Waals surface area contributed by atoms with Gasteiger partial charge in [-0.05, 0) is 32.1 Å². The van der Waals surface area contributed by atoms with Crippen LogP contribution in [0.2, 0.25) is 0 Å². The first kappa shape index (κ1) is 16.4. The summed E-state index contributed by atoms with van der Waals surface area (Å²) in [6, 6.07) is -0.532. The second kappa shape index (κ2) is 8.44. The van der Waals surface area contributed by atoms with Gasteiger partial charge in [0, 0.05) is 24.6 Å². The number of nitrogens with zero attached hydrogens (tertiary/aromatic N) is 1. The smallest absolute Gasteiger partial charge is 0.321 e. The number of hydrogen-bond donors (Lipinski definition) is 2. The second-order valence-corrected chi connectivity index (χ2v) is 6.76. The van der Waals surface area contributed by atoms with Crippen LogP contribution in [0.3, 0.4) is 0 Å². The maximum atomic E-state index is 11.9. The van der Waals surface area contributed by atoms with Gasteiger partial charge in [-0.25, -0.2) is 0 Å². The van der Waals surface area contributed by atoms with Crippen LogP contribution >= 0.6 is 11.8 Å². The van der Waals surface area contributed by atoms with Gasteiger partial charge in [0.15, 0.2) is 0 Å². The molecule has 21 heavy (non-hydrogen) atoms. The van der Waals surface area contributed by atoms with Crippen molar-refractivity contribution >= 4 is 23.6 Å². The first-order valence-corrected chi connectivity index (χ1v) is 8.81. The van der Waals surface area contributed by atoms with E-state index in [0.29, 0.717) is 18.8 Å². The van der Waals surface area contributed by atoms with Crippen molar-refractivity contribution in [2.45, 2.75) is 38.1 Å². The minimum Gasteiger partial charge on any atom is -0.480 e. The Balaban J connectivity index is 1.70. The highest BCUT2D eigenvalue weighted by molar-refractivity contribution is 7.99. The highest BCUT2D eigenvalue weighted by Gasteiger charge is 2.29. The van der Waals surface area contributed by atoms with E-state index in [1.165, 1.54) is 18.4 Å². The van der Waals surface area contributed by atoms with Crippen LogP contribution in [0.5, 0.6) is 0 Å². The molecule has 1 saturated heterocycles. The molecule has 1 fully saturated rings. The third kappa shape index (κ3) is 5.36. The van der Waals surface area contributed by atoms with E-state index in [9.17, 15) is 14.7 Å². The molecule has 1 amide bonds. The monoisotopic (exact) mass is 312 g/mol. The fourth-order valence-corrected chi connectivity index (χ4v) is 3.90. The fraction of sp³-hybridized carbons (Fsp3) is 0.733. The van der Waals surface area contributed by atoms with Crippen molar-refractivity contribution in [3.05, 3.63) is 11.6 Å². The minimum atomic E-state index is -0.831. The van der Waals surface area contributed by atoms with Crippen molar-refractivity contribution in [3.8, 4) is 0 Å². The normalized spacial score (nSPS) is 23.4. The number of hydrogen-bond acceptors (Lipinski definition) is 4. The third-order valence-corrected chi connectivity index (χ3v) is 5.05. The van der Waals surface area contributed by atoms with E-state index in [4.69, 9.17) is 0 Å². The predicted octanol–water partition coefficient (Wildman–Crippen LogP) is 1.50. The maximum Gasteiger partial charge on any atom is 0.321 e. The van der Waals surface area contributed by atoms with Crippen LogP contribution in [-0.4, -0.2) is 59.1 Å². The van der Waals surface area contributed by atoms with Gasteiger partial charge in [0.25, 0.3) is 0 Å². The number of nitrogens with one attached hydrogen (secondary N) is 1. The average Bonchev–Trinajstić information content (AvgIpc) is 2.48. The molecule has 0 spiro atoms. The highest BCUT2D eigenvalue weighted by Crippen LogP contribution is 2.19. The Labute approximate surface area is 130 Å². The van der Waals surface area contributed by atoms with Gasteiger partial charge in [-0.15, -0.1) is 0 Å². The third-order valence-electron chi connectivity index (χ3n) is 4.02. The number of thioether (sulfide) groups is 1. The summed E-state index contributed by atoms with van der Waals surface area (Å²) in [5.74, 6) is 0.561. The van der Waals surface area contributed by atoms with Crippen LogP contribution in [0.25, 0.3) is 0 Å². The van der Waals surface area contributed by atoms with Gasteiger partial charge in [-0.3, -0.25) is 14.5 Å². The van der Waals surface area contributed by atoms with Gasteiger partial charge in [0.1, 0.15) is 6.04 Å². The van der Waals surface area contributed by atoms with Crippen LogP contribution in [-0.2, 0) is 9.59 Å². The van der Waals surface area contributed by atoms with Crippen molar-refractivity contribution < 1.29 is 14.7 Å². The Kier molecular flexibility index (Phi) is 6.57. The highest BCUT2D eigenvalue weighted by atomic mass is 32.2. The van der Waals surface area contributed by atoms with E-state index in [1.54, 1.807) is 16.7 Å². The Morgan fingerprint density at radius 1 is 1.43 bits per heavy atom. The molecule has 1 atom stereocenters. The maximum absolute atomic E-state index is 11.9. The van der Waals surface area contributed by atoms with E-state index in [-0.39, 0.29) is 12.5 Å². The van der Waals surface area contributed by atoms with Crippen molar-refractivity contribution in [1.82, 2.24) is 10.2 Å². The van der Waals surface area contributed by atoms with Crippen LogP contribution in [0.15, 0.2) is 11.6 Å². The van der Waals surface area contributed by atoms with Gasteiger partial charge in [-0.1, -0.05) is 11.6 Å². The zero-order chi connectivity index (χ0) is 15.1. The molecule has 0 aromatic heterocycles. The molecule has 1 unspecified atom stereocenters. The Morgan fingerprint density at radius 3 is 3.00 bits per heavy atom. The number of aliphatic carboxylic acids is 1. The van der Waals surface area contributed by atoms with Crippen LogP contribution < -0.4 is 5.32 Å². The lowest BCUT2D eigenvalue weighted by atomic mass is 9.97. The summed E-state index contributed by atoms with van der Waals surface area (Å²) < 4.78 is 0. The quantitative estimate of drug-likeness (QED) is 0.727. The summed E-state index contributed by atoms with van der Waals surface area (Å²) in [6.07, 6.45) is 8.06. The summed E-state index contributed by atoms with van der Waals surface area (Å²) in [4.78, 5) is 24.9. The van der Waals surface area contributed by atoms with Gasteiger partial charge in [0.2, 0.25) is 5.91 Å².